The van der Waals surface area contributed by atoms with Gasteiger partial charge in [-0.3, -0.25) is 14.2 Å². The molecule has 1 aromatic heterocycles. The Hall–Kier alpha value is -3.43. The molecule has 1 heterocycles. The van der Waals surface area contributed by atoms with E-state index in [2.05, 4.69) is 10.5 Å². The van der Waals surface area contributed by atoms with Crippen LogP contribution in [-0.2, 0) is 6.54 Å². The summed E-state index contributed by atoms with van der Waals surface area (Å²) >= 11 is 7.07. The van der Waals surface area contributed by atoms with Gasteiger partial charge in [0.05, 0.1) is 23.6 Å². The minimum absolute atomic E-state index is 0.00153. The van der Waals surface area contributed by atoms with E-state index in [1.807, 2.05) is 0 Å². The van der Waals surface area contributed by atoms with E-state index < -0.39 is 11.9 Å². The van der Waals surface area contributed by atoms with Crippen LogP contribution < -0.4 is 15.4 Å². The molecule has 0 spiro atoms. The Balaban J connectivity index is 1.74. The molecule has 0 saturated carbocycles. The fourth-order valence-corrected chi connectivity index (χ4v) is 3.56. The number of hydrogen-bond donors (Lipinski definition) is 2. The molecule has 0 aliphatic heterocycles. The zero-order valence-electron chi connectivity index (χ0n) is 14.7. The van der Waals surface area contributed by atoms with Crippen molar-refractivity contribution in [1.29, 1.82) is 0 Å². The topological polar surface area (TPSA) is 124 Å². The van der Waals surface area contributed by atoms with Crippen molar-refractivity contribution in [3.05, 3.63) is 84.9 Å². The Morgan fingerprint density at radius 3 is 2.66 bits per heavy atom. The Labute approximate surface area is 173 Å². The normalized spacial score (nSPS) is 10.9. The van der Waals surface area contributed by atoms with E-state index in [4.69, 9.17) is 11.6 Å². The van der Waals surface area contributed by atoms with E-state index in [9.17, 15) is 24.6 Å². The van der Waals surface area contributed by atoms with Gasteiger partial charge in [0.1, 0.15) is 10.9 Å². The molecule has 0 unspecified atom stereocenters. The number of carboxylic acid groups (broad SMARTS) is 1. The molecule has 2 N–H and O–H groups in total. The maximum absolute atomic E-state index is 12.2. The number of hydrogen-bond acceptors (Lipinski definition) is 7. The first-order valence-corrected chi connectivity index (χ1v) is 9.36. The molecule has 3 rings (SSSR count). The van der Waals surface area contributed by atoms with Gasteiger partial charge in [-0.15, -0.1) is 0 Å². The van der Waals surface area contributed by atoms with Crippen LogP contribution >= 0.6 is 22.9 Å². The fourth-order valence-electron chi connectivity index (χ4n) is 2.46. The number of aromatic nitrogens is 1. The summed E-state index contributed by atoms with van der Waals surface area (Å²) in [6.45, 7) is 0.0682. The monoisotopic (exact) mass is 430 g/mol. The third-order valence-electron chi connectivity index (χ3n) is 3.82. The summed E-state index contributed by atoms with van der Waals surface area (Å²) in [5, 5.41) is 24.3. The summed E-state index contributed by atoms with van der Waals surface area (Å²) in [6, 6.07) is 11.7. The number of carbonyl (C=O) groups is 2. The lowest BCUT2D eigenvalue weighted by Gasteiger charge is -2.07. The van der Waals surface area contributed by atoms with Crippen LogP contribution in [0.4, 0.5) is 0 Å². The second kappa shape index (κ2) is 8.72. The van der Waals surface area contributed by atoms with Crippen molar-refractivity contribution >= 4 is 41.0 Å². The van der Waals surface area contributed by atoms with Crippen molar-refractivity contribution in [3.63, 3.8) is 0 Å². The number of halogens is 1. The van der Waals surface area contributed by atoms with E-state index in [1.54, 1.807) is 12.1 Å². The predicted octanol–water partition coefficient (Wildman–Crippen LogP) is 1.44. The average Bonchev–Trinajstić information content (AvgIpc) is 2.95. The molecule has 0 bridgehead atoms. The number of aromatic hydroxyl groups is 1. The number of phenolic OH excluding ortho intramolecular Hbond substituents is 1. The SMILES string of the molecule is O=C([O-])c1cccc(Cn2c(Cl)c(/C=N\NC(=O)c3cccc(O)c3)sc2=O)c1. The van der Waals surface area contributed by atoms with Gasteiger partial charge in [0.2, 0.25) is 0 Å². The van der Waals surface area contributed by atoms with Gasteiger partial charge >= 0.3 is 4.87 Å². The van der Waals surface area contributed by atoms with Crippen LogP contribution in [0.5, 0.6) is 5.75 Å². The van der Waals surface area contributed by atoms with E-state index >= 15 is 0 Å². The maximum atomic E-state index is 12.2. The average molecular weight is 431 g/mol. The molecular formula is C19H13ClN3O5S-. The van der Waals surface area contributed by atoms with Crippen molar-refractivity contribution in [1.82, 2.24) is 9.99 Å². The molecule has 0 atom stereocenters. The predicted molar refractivity (Wildman–Crippen MR) is 107 cm³/mol. The third kappa shape index (κ3) is 4.89. The fraction of sp³-hybridized carbons (Fsp3) is 0.0526. The molecule has 3 aromatic rings. The van der Waals surface area contributed by atoms with Crippen LogP contribution in [0.25, 0.3) is 0 Å². The van der Waals surface area contributed by atoms with E-state index in [-0.39, 0.29) is 33.4 Å². The number of nitrogens with one attached hydrogen (secondary N) is 1. The summed E-state index contributed by atoms with van der Waals surface area (Å²) in [4.78, 5) is 35.1. The molecule has 0 fully saturated rings. The molecule has 8 nitrogen and oxygen atoms in total. The summed E-state index contributed by atoms with van der Waals surface area (Å²) in [7, 11) is 0. The molecule has 2 aromatic carbocycles. The number of carbonyl (C=O) groups excluding carboxylic acids is 2. The number of carboxylic acids is 1. The first kappa shape index (κ1) is 20.3. The van der Waals surface area contributed by atoms with Gasteiger partial charge in [-0.05, 0) is 35.4 Å². The number of nitrogens with zero attached hydrogens (tertiary/aromatic N) is 2. The zero-order chi connectivity index (χ0) is 21.0. The molecule has 148 valence electrons. The minimum Gasteiger partial charge on any atom is -0.545 e. The standard InChI is InChI=1S/C19H14ClN3O5S/c20-16-15(9-21-22-17(25)12-4-2-6-14(24)8-12)29-19(28)23(16)10-11-3-1-5-13(7-11)18(26)27/h1-9,24H,10H2,(H,22,25)(H,26,27)/p-1/b21-9-. The van der Waals surface area contributed by atoms with Crippen molar-refractivity contribution in [2.24, 2.45) is 5.10 Å². The number of amides is 1. The molecule has 10 heteroatoms. The molecule has 29 heavy (non-hydrogen) atoms. The quantitative estimate of drug-likeness (QED) is 0.452. The van der Waals surface area contributed by atoms with Crippen LogP contribution in [0, 0.1) is 0 Å². The van der Waals surface area contributed by atoms with Crippen molar-refractivity contribution in [2.45, 2.75) is 6.54 Å². The number of rotatable bonds is 6. The second-order valence-electron chi connectivity index (χ2n) is 5.85. The Morgan fingerprint density at radius 1 is 1.21 bits per heavy atom. The van der Waals surface area contributed by atoms with E-state index in [0.717, 1.165) is 11.3 Å². The van der Waals surface area contributed by atoms with Crippen molar-refractivity contribution in [3.8, 4) is 5.75 Å². The number of aromatic carboxylic acids is 1. The van der Waals surface area contributed by atoms with Crippen molar-refractivity contribution < 1.29 is 19.8 Å². The Bertz CT molecular complexity index is 1170. The highest BCUT2D eigenvalue weighted by Gasteiger charge is 2.13. The number of hydrazone groups is 1. The van der Waals surface area contributed by atoms with Gasteiger partial charge in [0, 0.05) is 5.56 Å². The lowest BCUT2D eigenvalue weighted by Crippen LogP contribution is -2.22. The van der Waals surface area contributed by atoms with E-state index in [0.29, 0.717) is 10.4 Å². The van der Waals surface area contributed by atoms with Gasteiger partial charge in [0.15, 0.2) is 0 Å². The van der Waals surface area contributed by atoms with Gasteiger partial charge in [-0.2, -0.15) is 5.10 Å². The van der Waals surface area contributed by atoms with Crippen LogP contribution in [-0.4, -0.2) is 27.8 Å². The third-order valence-corrected chi connectivity index (χ3v) is 5.25. The molecule has 0 radical (unpaired) electrons. The zero-order valence-corrected chi connectivity index (χ0v) is 16.2. The highest BCUT2D eigenvalue weighted by molar-refractivity contribution is 7.11. The molecule has 0 aliphatic rings. The summed E-state index contributed by atoms with van der Waals surface area (Å²) in [5.41, 5.74) is 3.06. The number of benzene rings is 2. The first-order valence-electron chi connectivity index (χ1n) is 8.17. The van der Waals surface area contributed by atoms with E-state index in [1.165, 1.54) is 47.2 Å². The van der Waals surface area contributed by atoms with Gasteiger partial charge in [0.25, 0.3) is 5.91 Å². The van der Waals surface area contributed by atoms with Crippen LogP contribution in [0.2, 0.25) is 5.15 Å². The van der Waals surface area contributed by atoms with Crippen molar-refractivity contribution in [2.75, 3.05) is 0 Å². The summed E-state index contributed by atoms with van der Waals surface area (Å²) in [5.74, 6) is -1.91. The smallest absolute Gasteiger partial charge is 0.309 e. The van der Waals surface area contributed by atoms with Gasteiger partial charge in [-0.1, -0.05) is 47.2 Å². The summed E-state index contributed by atoms with van der Waals surface area (Å²) in [6.07, 6.45) is 1.24. The Kier molecular flexibility index (Phi) is 6.10. The highest BCUT2D eigenvalue weighted by Crippen LogP contribution is 2.18. The summed E-state index contributed by atoms with van der Waals surface area (Å²) < 4.78 is 1.26. The minimum atomic E-state index is -1.31. The Morgan fingerprint density at radius 2 is 1.93 bits per heavy atom. The van der Waals surface area contributed by atoms with Crippen LogP contribution in [0.3, 0.4) is 0 Å². The molecular weight excluding hydrogens is 418 g/mol. The maximum Gasteiger partial charge on any atom is 0.309 e. The largest absolute Gasteiger partial charge is 0.545 e. The number of phenols is 1. The lowest BCUT2D eigenvalue weighted by molar-refractivity contribution is -0.255. The molecule has 0 aliphatic carbocycles. The van der Waals surface area contributed by atoms with Crippen LogP contribution in [0.1, 0.15) is 31.2 Å². The second-order valence-corrected chi connectivity index (χ2v) is 7.20. The van der Waals surface area contributed by atoms with Crippen LogP contribution in [0.15, 0.2) is 58.4 Å². The number of thiazole rings is 1. The molecule has 0 saturated heterocycles. The highest BCUT2D eigenvalue weighted by atomic mass is 35.5. The van der Waals surface area contributed by atoms with Gasteiger partial charge < -0.3 is 15.0 Å². The first-order chi connectivity index (χ1) is 13.8. The van der Waals surface area contributed by atoms with Gasteiger partial charge in [-0.25, -0.2) is 5.43 Å². The molecule has 1 amide bonds. The lowest BCUT2D eigenvalue weighted by atomic mass is 10.1.